The summed E-state index contributed by atoms with van der Waals surface area (Å²) in [6.45, 7) is 2.71. The van der Waals surface area contributed by atoms with E-state index >= 15 is 0 Å². The summed E-state index contributed by atoms with van der Waals surface area (Å²) in [4.78, 5) is 25.9. The molecule has 11 heteroatoms. The molecular weight excluding hydrogens is 587 g/mol. The fraction of sp³-hybridized carbons (Fsp3) is 0.308. The molecule has 5 rings (SSSR count). The quantitative estimate of drug-likeness (QED) is 0.176. The van der Waals surface area contributed by atoms with Gasteiger partial charge in [0.15, 0.2) is 33.1 Å². The van der Waals surface area contributed by atoms with E-state index in [2.05, 4.69) is 49.9 Å². The van der Waals surface area contributed by atoms with Gasteiger partial charge in [-0.2, -0.15) is 0 Å². The predicted octanol–water partition coefficient (Wildman–Crippen LogP) is 2.43. The third-order valence-electron chi connectivity index (χ3n) is 6.39. The number of nitrogens with zero attached hydrogens (tertiary/aromatic N) is 4. The van der Waals surface area contributed by atoms with Gasteiger partial charge >= 0.3 is 0 Å². The maximum Gasteiger partial charge on any atom is 0.252 e. The lowest BCUT2D eigenvalue weighted by atomic mass is 9.91. The van der Waals surface area contributed by atoms with Crippen LogP contribution in [-0.2, 0) is 9.53 Å². The van der Waals surface area contributed by atoms with E-state index in [4.69, 9.17) is 4.74 Å². The molecule has 0 unspecified atom stereocenters. The van der Waals surface area contributed by atoms with Crippen LogP contribution in [0.3, 0.4) is 0 Å². The van der Waals surface area contributed by atoms with Crippen molar-refractivity contribution in [1.82, 2.24) is 24.8 Å². The molecule has 2 aromatic carbocycles. The van der Waals surface area contributed by atoms with Gasteiger partial charge in [-0.1, -0.05) is 60.7 Å². The van der Waals surface area contributed by atoms with E-state index in [0.29, 0.717) is 33.9 Å². The fourth-order valence-electron chi connectivity index (χ4n) is 4.58. The Labute approximate surface area is 227 Å². The van der Waals surface area contributed by atoms with E-state index in [0.717, 1.165) is 0 Å². The zero-order valence-electron chi connectivity index (χ0n) is 20.0. The molecule has 4 aromatic rings. The number of anilines is 1. The van der Waals surface area contributed by atoms with Gasteiger partial charge in [0.2, 0.25) is 0 Å². The van der Waals surface area contributed by atoms with Gasteiger partial charge in [0, 0.05) is 41.6 Å². The molecule has 0 aliphatic carbocycles. The number of hydrogen-bond donors (Lipinski definition) is 4. The van der Waals surface area contributed by atoms with Gasteiger partial charge in [-0.15, -0.1) is 0 Å². The number of halogens is 1. The number of benzene rings is 2. The van der Waals surface area contributed by atoms with Crippen LogP contribution in [0.4, 0.5) is 5.82 Å². The average molecular weight is 614 g/mol. The maximum atomic E-state index is 12.3. The Hall–Kier alpha value is -3.13. The van der Waals surface area contributed by atoms with Gasteiger partial charge in [0.1, 0.15) is 12.2 Å². The molecule has 2 aromatic heterocycles. The molecule has 0 bridgehead atoms. The lowest BCUT2D eigenvalue weighted by molar-refractivity contribution is -0.137. The van der Waals surface area contributed by atoms with Crippen molar-refractivity contribution in [1.29, 1.82) is 0 Å². The molecule has 1 aliphatic heterocycles. The van der Waals surface area contributed by atoms with Gasteiger partial charge < -0.3 is 25.6 Å². The molecule has 0 radical (unpaired) electrons. The highest BCUT2D eigenvalue weighted by atomic mass is 127. The molecule has 1 saturated heterocycles. The van der Waals surface area contributed by atoms with E-state index in [1.54, 1.807) is 6.92 Å². The molecule has 3 heterocycles. The smallest absolute Gasteiger partial charge is 0.252 e. The summed E-state index contributed by atoms with van der Waals surface area (Å²) < 4.78 is 7.78. The number of nitrogens with one attached hydrogen (secondary N) is 2. The summed E-state index contributed by atoms with van der Waals surface area (Å²) >= 11 is 2.03. The van der Waals surface area contributed by atoms with Crippen molar-refractivity contribution in [2.24, 2.45) is 0 Å². The van der Waals surface area contributed by atoms with Gasteiger partial charge in [-0.25, -0.2) is 15.0 Å². The minimum atomic E-state index is -1.38. The third-order valence-corrected chi connectivity index (χ3v) is 6.88. The number of amides is 1. The van der Waals surface area contributed by atoms with Crippen molar-refractivity contribution in [2.45, 2.75) is 37.4 Å². The standard InChI is InChI=1S/C26H27IN6O4/c1-2-28-24(36)21-19(34)20(35)25(37-21)33-14-30-18-22(31-26(27)32-23(18)33)29-13-17(15-9-5-3-6-10-15)16-11-7-4-8-12-16/h3-12,14,17,19-21,25,34-35H,2,13H2,1H3,(H,28,36)(H,29,31,32)/t19-,20+,21-,25+/m0/s1. The molecule has 37 heavy (non-hydrogen) atoms. The zero-order valence-corrected chi connectivity index (χ0v) is 22.2. The minimum absolute atomic E-state index is 0.0696. The van der Waals surface area contributed by atoms with E-state index in [-0.39, 0.29) is 5.92 Å². The summed E-state index contributed by atoms with van der Waals surface area (Å²) in [5.74, 6) is 0.124. The Balaban J connectivity index is 1.44. The Morgan fingerprint density at radius 2 is 1.70 bits per heavy atom. The second-order valence-electron chi connectivity index (χ2n) is 8.74. The Bertz CT molecular complexity index is 1330. The molecule has 1 fully saturated rings. The molecule has 0 spiro atoms. The van der Waals surface area contributed by atoms with Crippen molar-refractivity contribution in [3.05, 3.63) is 81.9 Å². The van der Waals surface area contributed by atoms with Crippen LogP contribution in [0.5, 0.6) is 0 Å². The highest BCUT2D eigenvalue weighted by Crippen LogP contribution is 2.33. The first-order valence-electron chi connectivity index (χ1n) is 12.0. The number of rotatable bonds is 8. The number of ether oxygens (including phenoxy) is 1. The van der Waals surface area contributed by atoms with Crippen LogP contribution < -0.4 is 10.6 Å². The lowest BCUT2D eigenvalue weighted by Gasteiger charge is -2.19. The van der Waals surface area contributed by atoms with Gasteiger partial charge in [0.05, 0.1) is 6.33 Å². The van der Waals surface area contributed by atoms with Gasteiger partial charge in [-0.05, 0) is 18.1 Å². The first kappa shape index (κ1) is 25.5. The van der Waals surface area contributed by atoms with Crippen LogP contribution in [0, 0.1) is 3.83 Å². The topological polar surface area (TPSA) is 134 Å². The summed E-state index contributed by atoms with van der Waals surface area (Å²) in [5.41, 5.74) is 3.25. The molecule has 1 aliphatic rings. The second kappa shape index (κ2) is 11.1. The third kappa shape index (κ3) is 5.17. The van der Waals surface area contributed by atoms with Crippen LogP contribution in [0.15, 0.2) is 67.0 Å². The van der Waals surface area contributed by atoms with Crippen LogP contribution in [-0.4, -0.2) is 67.0 Å². The van der Waals surface area contributed by atoms with Crippen molar-refractivity contribution in [3.63, 3.8) is 0 Å². The monoisotopic (exact) mass is 614 g/mol. The number of fused-ring (bicyclic) bond motifs is 1. The van der Waals surface area contributed by atoms with E-state index < -0.39 is 30.4 Å². The number of imidazole rings is 1. The number of carbonyl (C=O) groups is 1. The van der Waals surface area contributed by atoms with Crippen LogP contribution >= 0.6 is 22.6 Å². The number of aliphatic hydroxyl groups is 2. The number of carbonyl (C=O) groups excluding carboxylic acids is 1. The zero-order chi connectivity index (χ0) is 25.9. The number of likely N-dealkylation sites (N-methyl/N-ethyl adjacent to an activating group) is 1. The van der Waals surface area contributed by atoms with Crippen LogP contribution in [0.1, 0.15) is 30.2 Å². The largest absolute Gasteiger partial charge is 0.387 e. The van der Waals surface area contributed by atoms with Crippen molar-refractivity contribution < 1.29 is 19.7 Å². The lowest BCUT2D eigenvalue weighted by Crippen LogP contribution is -2.42. The van der Waals surface area contributed by atoms with Gasteiger partial charge in [-0.3, -0.25) is 9.36 Å². The number of aliphatic hydroxyl groups excluding tert-OH is 2. The Morgan fingerprint density at radius 3 is 2.32 bits per heavy atom. The molecule has 1 amide bonds. The molecule has 4 atom stereocenters. The average Bonchev–Trinajstić information content (AvgIpc) is 3.46. The molecule has 4 N–H and O–H groups in total. The summed E-state index contributed by atoms with van der Waals surface area (Å²) in [6.07, 6.45) is -3.48. The number of aromatic nitrogens is 4. The maximum absolute atomic E-state index is 12.3. The fourth-order valence-corrected chi connectivity index (χ4v) is 5.05. The van der Waals surface area contributed by atoms with Gasteiger partial charge in [0.25, 0.3) is 5.91 Å². The van der Waals surface area contributed by atoms with E-state index in [1.807, 2.05) is 59.0 Å². The highest BCUT2D eigenvalue weighted by molar-refractivity contribution is 14.1. The first-order valence-corrected chi connectivity index (χ1v) is 13.1. The Kier molecular flexibility index (Phi) is 7.65. The predicted molar refractivity (Wildman–Crippen MR) is 146 cm³/mol. The minimum Gasteiger partial charge on any atom is -0.387 e. The van der Waals surface area contributed by atoms with Crippen molar-refractivity contribution in [2.75, 3.05) is 18.4 Å². The summed E-state index contributed by atoms with van der Waals surface area (Å²) in [6, 6.07) is 20.5. The molecular formula is C26H27IN6O4. The second-order valence-corrected chi connectivity index (χ2v) is 9.71. The Morgan fingerprint density at radius 1 is 1.05 bits per heavy atom. The van der Waals surface area contributed by atoms with Crippen molar-refractivity contribution >= 4 is 45.5 Å². The molecule has 192 valence electrons. The van der Waals surface area contributed by atoms with Crippen molar-refractivity contribution in [3.8, 4) is 0 Å². The van der Waals surface area contributed by atoms with Crippen LogP contribution in [0.2, 0.25) is 0 Å². The first-order chi connectivity index (χ1) is 18.0. The van der Waals surface area contributed by atoms with E-state index in [9.17, 15) is 15.0 Å². The molecule has 0 saturated carbocycles. The summed E-state index contributed by atoms with van der Waals surface area (Å²) in [5, 5.41) is 27.2. The molecule has 10 nitrogen and oxygen atoms in total. The summed E-state index contributed by atoms with van der Waals surface area (Å²) in [7, 11) is 0. The van der Waals surface area contributed by atoms with Crippen LogP contribution in [0.25, 0.3) is 11.2 Å². The number of hydrogen-bond acceptors (Lipinski definition) is 8. The normalized spacial score (nSPS) is 21.4. The van der Waals surface area contributed by atoms with E-state index in [1.165, 1.54) is 22.0 Å². The SMILES string of the molecule is CCNC(=O)[C@H]1O[C@@H](n2cnc3c(NCC(c4ccccc4)c4ccccc4)nc(I)nc32)[C@H](O)[C@@H]1O. The highest BCUT2D eigenvalue weighted by Gasteiger charge is 2.47.